The van der Waals surface area contributed by atoms with Crippen LogP contribution in [-0.2, 0) is 14.6 Å². The number of hydrogen-bond acceptors (Lipinski definition) is 5. The highest BCUT2D eigenvalue weighted by molar-refractivity contribution is 7.91. The number of anilines is 1. The zero-order valence-corrected chi connectivity index (χ0v) is 17.8. The predicted molar refractivity (Wildman–Crippen MR) is 114 cm³/mol. The maximum Gasteiger partial charge on any atom is 0.259 e. The van der Waals surface area contributed by atoms with Gasteiger partial charge in [-0.2, -0.15) is 13.5 Å². The third-order valence-corrected chi connectivity index (χ3v) is 6.49. The molecule has 3 rings (SSSR count). The van der Waals surface area contributed by atoms with Crippen LogP contribution in [0.15, 0.2) is 47.4 Å². The number of carbonyl (C=O) groups excluding carboxylic acids is 1. The van der Waals surface area contributed by atoms with Gasteiger partial charge in [0.25, 0.3) is 5.91 Å². The van der Waals surface area contributed by atoms with Gasteiger partial charge in [0.2, 0.25) is 0 Å². The Labute approximate surface area is 176 Å². The number of amides is 1. The Kier molecular flexibility index (Phi) is 7.77. The van der Waals surface area contributed by atoms with Gasteiger partial charge < -0.3 is 14.8 Å². The average Bonchev–Trinajstić information content (AvgIpc) is 3.15. The third-order valence-electron chi connectivity index (χ3n) is 4.36. The third kappa shape index (κ3) is 5.41. The topological polar surface area (TPSA) is 81.7 Å². The molecule has 1 N–H and O–H groups in total. The van der Waals surface area contributed by atoms with Crippen LogP contribution < -0.4 is 10.1 Å². The van der Waals surface area contributed by atoms with Gasteiger partial charge in [0.05, 0.1) is 29.9 Å². The van der Waals surface area contributed by atoms with E-state index in [0.29, 0.717) is 29.7 Å². The first-order valence-electron chi connectivity index (χ1n) is 8.44. The number of hydrogen-bond donors (Lipinski definition) is 1. The van der Waals surface area contributed by atoms with E-state index in [1.807, 2.05) is 0 Å². The highest BCUT2D eigenvalue weighted by Gasteiger charge is 2.26. The van der Waals surface area contributed by atoms with Crippen LogP contribution in [0, 0.1) is 5.92 Å². The maximum atomic E-state index is 12.7. The summed E-state index contributed by atoms with van der Waals surface area (Å²) in [6, 6.07) is 10.9. The van der Waals surface area contributed by atoms with Crippen molar-refractivity contribution in [2.75, 3.05) is 31.4 Å². The summed E-state index contributed by atoms with van der Waals surface area (Å²) in [5, 5.41) is 3.27. The lowest BCUT2D eigenvalue weighted by atomic mass is 10.1. The van der Waals surface area contributed by atoms with E-state index < -0.39 is 15.7 Å². The number of benzene rings is 2. The van der Waals surface area contributed by atoms with E-state index in [-0.39, 0.29) is 35.6 Å². The average molecular weight is 444 g/mol. The predicted octanol–water partition coefficient (Wildman–Crippen LogP) is 3.52. The molecule has 1 heterocycles. The Morgan fingerprint density at radius 2 is 1.96 bits per heavy atom. The molecule has 0 bridgehead atoms. The van der Waals surface area contributed by atoms with Crippen LogP contribution in [-0.4, -0.2) is 40.4 Å². The second-order valence-electron chi connectivity index (χ2n) is 6.33. The Morgan fingerprint density at radius 3 is 2.57 bits per heavy atom. The van der Waals surface area contributed by atoms with Crippen molar-refractivity contribution < 1.29 is 22.7 Å². The van der Waals surface area contributed by atoms with Crippen LogP contribution in [0.2, 0.25) is 5.02 Å². The molecule has 0 unspecified atom stereocenters. The van der Waals surface area contributed by atoms with Gasteiger partial charge in [-0.05, 0) is 54.8 Å². The largest absolute Gasteiger partial charge is 0.496 e. The minimum Gasteiger partial charge on any atom is -0.496 e. The highest BCUT2D eigenvalue weighted by Crippen LogP contribution is 2.26. The molecule has 1 aliphatic rings. The fraction of sp³-hybridized carbons (Fsp3) is 0.316. The first-order chi connectivity index (χ1) is 12.9. The monoisotopic (exact) mass is 443 g/mol. The molecule has 0 radical (unpaired) electrons. The van der Waals surface area contributed by atoms with Gasteiger partial charge in [-0.15, -0.1) is 0 Å². The second kappa shape index (κ2) is 9.65. The van der Waals surface area contributed by atoms with E-state index in [1.165, 1.54) is 25.3 Å². The maximum absolute atomic E-state index is 12.7. The van der Waals surface area contributed by atoms with Gasteiger partial charge in [-0.1, -0.05) is 11.6 Å². The minimum atomic E-state index is -3.54. The lowest BCUT2D eigenvalue weighted by molar-refractivity contribution is 0.102. The van der Waals surface area contributed by atoms with Gasteiger partial charge in [0, 0.05) is 17.3 Å². The fourth-order valence-corrected chi connectivity index (χ4v) is 4.69. The number of rotatable bonds is 6. The Morgan fingerprint density at radius 1 is 1.25 bits per heavy atom. The highest BCUT2D eigenvalue weighted by atomic mass is 35.5. The second-order valence-corrected chi connectivity index (χ2v) is 8.80. The van der Waals surface area contributed by atoms with E-state index in [0.717, 1.165) is 6.42 Å². The summed E-state index contributed by atoms with van der Waals surface area (Å²) < 4.78 is 35.9. The summed E-state index contributed by atoms with van der Waals surface area (Å²) in [7, 11) is -2.11. The summed E-state index contributed by atoms with van der Waals surface area (Å²) in [4.78, 5) is 12.8. The van der Waals surface area contributed by atoms with Gasteiger partial charge >= 0.3 is 0 Å². The summed E-state index contributed by atoms with van der Waals surface area (Å²) in [6.07, 6.45) is 0.722. The molecule has 2 aromatic rings. The normalized spacial score (nSPS) is 16.3. The molecule has 1 fully saturated rings. The number of carbonyl (C=O) groups is 1. The van der Waals surface area contributed by atoms with Crippen LogP contribution in [0.1, 0.15) is 16.8 Å². The standard InChI is InChI=1S/C19H20ClNO5S.H2S/c1-25-18-7-6-16(27(23,24)12-13-8-9-26-11-13)10-17(18)19(22)21-15-4-2-14(20)3-5-15;/h2-7,10,13H,8-9,11-12H2,1H3,(H,21,22);1H2/t13-;/m0./s1. The number of halogens is 1. The van der Waals surface area contributed by atoms with Crippen molar-refractivity contribution in [3.8, 4) is 5.75 Å². The molecule has 1 aliphatic heterocycles. The fourth-order valence-electron chi connectivity index (χ4n) is 2.91. The van der Waals surface area contributed by atoms with Crippen molar-refractivity contribution in [2.45, 2.75) is 11.3 Å². The van der Waals surface area contributed by atoms with Crippen molar-refractivity contribution in [1.29, 1.82) is 0 Å². The van der Waals surface area contributed by atoms with Gasteiger partial charge in [-0.3, -0.25) is 4.79 Å². The number of nitrogens with one attached hydrogen (secondary N) is 1. The van der Waals surface area contributed by atoms with Crippen LogP contribution in [0.4, 0.5) is 5.69 Å². The van der Waals surface area contributed by atoms with E-state index in [9.17, 15) is 13.2 Å². The summed E-state index contributed by atoms with van der Waals surface area (Å²) in [6.45, 7) is 1.02. The van der Waals surface area contributed by atoms with Crippen LogP contribution in [0.25, 0.3) is 0 Å². The first kappa shape index (κ1) is 22.5. The molecule has 2 aromatic carbocycles. The molecule has 28 heavy (non-hydrogen) atoms. The zero-order valence-electron chi connectivity index (χ0n) is 15.3. The lowest BCUT2D eigenvalue weighted by Crippen LogP contribution is -2.18. The number of sulfone groups is 1. The van der Waals surface area contributed by atoms with Crippen molar-refractivity contribution in [1.82, 2.24) is 0 Å². The van der Waals surface area contributed by atoms with Crippen molar-refractivity contribution in [3.63, 3.8) is 0 Å². The van der Waals surface area contributed by atoms with Crippen molar-refractivity contribution in [2.24, 2.45) is 5.92 Å². The molecule has 6 nitrogen and oxygen atoms in total. The smallest absolute Gasteiger partial charge is 0.259 e. The Bertz CT molecular complexity index is 926. The minimum absolute atomic E-state index is 0. The van der Waals surface area contributed by atoms with E-state index >= 15 is 0 Å². The molecule has 9 heteroatoms. The summed E-state index contributed by atoms with van der Waals surface area (Å²) in [5.41, 5.74) is 0.694. The van der Waals surface area contributed by atoms with E-state index in [4.69, 9.17) is 21.1 Å². The van der Waals surface area contributed by atoms with Crippen molar-refractivity contribution in [3.05, 3.63) is 53.1 Å². The molecule has 0 aromatic heterocycles. The van der Waals surface area contributed by atoms with Gasteiger partial charge in [0.15, 0.2) is 9.84 Å². The molecule has 1 atom stereocenters. The zero-order chi connectivity index (χ0) is 19.4. The Balaban J connectivity index is 0.00000280. The lowest BCUT2D eigenvalue weighted by Gasteiger charge is -2.13. The van der Waals surface area contributed by atoms with E-state index in [2.05, 4.69) is 5.32 Å². The molecule has 0 saturated carbocycles. The van der Waals surface area contributed by atoms with Crippen molar-refractivity contribution >= 4 is 46.5 Å². The molecule has 152 valence electrons. The van der Waals surface area contributed by atoms with E-state index in [1.54, 1.807) is 24.3 Å². The molecular formula is C19H22ClNO5S2. The first-order valence-corrected chi connectivity index (χ1v) is 10.5. The summed E-state index contributed by atoms with van der Waals surface area (Å²) >= 11 is 5.85. The molecule has 0 spiro atoms. The van der Waals surface area contributed by atoms with Crippen LogP contribution in [0.3, 0.4) is 0 Å². The quantitative estimate of drug-likeness (QED) is 0.738. The molecular weight excluding hydrogens is 422 g/mol. The molecule has 0 aliphatic carbocycles. The Hall–Kier alpha value is -1.74. The molecule has 1 saturated heterocycles. The van der Waals surface area contributed by atoms with Crippen LogP contribution >= 0.6 is 25.1 Å². The summed E-state index contributed by atoms with van der Waals surface area (Å²) in [5.74, 6) is -0.194. The number of ether oxygens (including phenoxy) is 2. The number of methoxy groups -OCH3 is 1. The van der Waals surface area contributed by atoms with Crippen LogP contribution in [0.5, 0.6) is 5.75 Å². The van der Waals surface area contributed by atoms with Gasteiger partial charge in [-0.25, -0.2) is 8.42 Å². The SMILES string of the molecule is COc1ccc(S(=O)(=O)C[C@H]2CCOC2)cc1C(=O)Nc1ccc(Cl)cc1.S. The van der Waals surface area contributed by atoms with Gasteiger partial charge in [0.1, 0.15) is 5.75 Å². The molecule has 1 amide bonds.